The largest absolute Gasteiger partial charge is 0.472 e. The Morgan fingerprint density at radius 3 is 2.24 bits per heavy atom. The molecule has 0 atom stereocenters. The lowest BCUT2D eigenvalue weighted by Gasteiger charge is -2.14. The highest BCUT2D eigenvalue weighted by atomic mass is 19.1. The van der Waals surface area contributed by atoms with E-state index in [4.69, 9.17) is 18.9 Å². The highest BCUT2D eigenvalue weighted by Gasteiger charge is 2.13. The summed E-state index contributed by atoms with van der Waals surface area (Å²) in [5.74, 6) is 0.378. The Bertz CT molecular complexity index is 1500. The van der Waals surface area contributed by atoms with E-state index in [9.17, 15) is 4.39 Å². The van der Waals surface area contributed by atoms with Crippen LogP contribution in [0.1, 0.15) is 40.8 Å². The average molecular weight is 495 g/mol. The summed E-state index contributed by atoms with van der Waals surface area (Å²) in [5.41, 5.74) is 5.43. The number of halogens is 1. The van der Waals surface area contributed by atoms with Gasteiger partial charge in [0.1, 0.15) is 12.1 Å². The van der Waals surface area contributed by atoms with Crippen molar-refractivity contribution in [2.75, 3.05) is 0 Å². The number of rotatable bonds is 10. The first-order valence-corrected chi connectivity index (χ1v) is 12.2. The zero-order valence-electron chi connectivity index (χ0n) is 20.6. The molecule has 0 N–H and O–H groups in total. The number of para-hydroxylation sites is 1. The van der Waals surface area contributed by atoms with Gasteiger partial charge in [0.15, 0.2) is 11.4 Å². The van der Waals surface area contributed by atoms with E-state index < -0.39 is 5.82 Å². The van der Waals surface area contributed by atoms with E-state index in [-0.39, 0.29) is 5.52 Å². The standard InChI is InChI=1S/C31H27FN2O3/c1-2-24-18-25(16-17-29-34-30-26(32)14-9-15-28(30)37-29)31(36-20-23-12-7-4-8-13-23)33-27(24)21-35-19-22-10-5-3-6-11-22/h3-18H,2,19-21H2,1H3/b17-16+. The van der Waals surface area contributed by atoms with Crippen LogP contribution < -0.4 is 4.74 Å². The molecule has 0 saturated carbocycles. The van der Waals surface area contributed by atoms with Gasteiger partial charge in [-0.25, -0.2) is 14.4 Å². The Labute approximate surface area is 215 Å². The molecule has 2 aromatic heterocycles. The van der Waals surface area contributed by atoms with Gasteiger partial charge in [-0.1, -0.05) is 73.7 Å². The number of hydrogen-bond acceptors (Lipinski definition) is 5. The van der Waals surface area contributed by atoms with Crippen molar-refractivity contribution < 1.29 is 18.3 Å². The monoisotopic (exact) mass is 494 g/mol. The van der Waals surface area contributed by atoms with Crippen molar-refractivity contribution in [3.8, 4) is 5.88 Å². The Morgan fingerprint density at radius 1 is 0.811 bits per heavy atom. The van der Waals surface area contributed by atoms with Crippen molar-refractivity contribution in [1.82, 2.24) is 9.97 Å². The lowest BCUT2D eigenvalue weighted by molar-refractivity contribution is 0.103. The van der Waals surface area contributed by atoms with Crippen LogP contribution in [0.5, 0.6) is 5.88 Å². The maximum absolute atomic E-state index is 14.1. The summed E-state index contributed by atoms with van der Waals surface area (Å²) in [6, 6.07) is 26.7. The lowest BCUT2D eigenvalue weighted by Crippen LogP contribution is -2.06. The number of aromatic nitrogens is 2. The third-order valence-electron chi connectivity index (χ3n) is 5.93. The smallest absolute Gasteiger partial charge is 0.221 e. The molecule has 37 heavy (non-hydrogen) atoms. The molecule has 0 aliphatic heterocycles. The molecule has 0 bridgehead atoms. The molecule has 0 saturated heterocycles. The number of ether oxygens (including phenoxy) is 2. The van der Waals surface area contributed by atoms with Crippen LogP contribution in [-0.2, 0) is 31.0 Å². The second kappa shape index (κ2) is 11.6. The number of aryl methyl sites for hydroxylation is 1. The maximum atomic E-state index is 14.1. The Balaban J connectivity index is 1.42. The number of benzene rings is 3. The molecule has 5 rings (SSSR count). The minimum Gasteiger partial charge on any atom is -0.472 e. The Hall–Kier alpha value is -4.29. The van der Waals surface area contributed by atoms with Crippen molar-refractivity contribution >= 4 is 23.3 Å². The molecule has 0 aliphatic carbocycles. The molecule has 0 amide bonds. The van der Waals surface area contributed by atoms with Crippen LogP contribution in [0.25, 0.3) is 23.3 Å². The fraction of sp³-hybridized carbons (Fsp3) is 0.161. The van der Waals surface area contributed by atoms with Crippen molar-refractivity contribution in [3.63, 3.8) is 0 Å². The first-order chi connectivity index (χ1) is 18.2. The van der Waals surface area contributed by atoms with Crippen LogP contribution in [0.4, 0.5) is 4.39 Å². The topological polar surface area (TPSA) is 57.4 Å². The lowest BCUT2D eigenvalue weighted by atomic mass is 10.1. The minimum absolute atomic E-state index is 0.209. The molecule has 3 aromatic carbocycles. The highest BCUT2D eigenvalue weighted by Crippen LogP contribution is 2.26. The molecule has 0 unspecified atom stereocenters. The number of nitrogens with zero attached hydrogens (tertiary/aromatic N) is 2. The van der Waals surface area contributed by atoms with Crippen LogP contribution in [0.15, 0.2) is 89.3 Å². The second-order valence-electron chi connectivity index (χ2n) is 8.57. The van der Waals surface area contributed by atoms with Crippen LogP contribution in [0, 0.1) is 5.82 Å². The van der Waals surface area contributed by atoms with E-state index in [1.54, 1.807) is 18.2 Å². The summed E-state index contributed by atoms with van der Waals surface area (Å²) in [6.45, 7) is 3.33. The van der Waals surface area contributed by atoms with Gasteiger partial charge in [0.25, 0.3) is 0 Å². The van der Waals surface area contributed by atoms with Gasteiger partial charge >= 0.3 is 0 Å². The number of fused-ring (bicyclic) bond motifs is 1. The van der Waals surface area contributed by atoms with Gasteiger partial charge in [0, 0.05) is 11.6 Å². The van der Waals surface area contributed by atoms with Crippen LogP contribution in [0.3, 0.4) is 0 Å². The molecule has 0 radical (unpaired) electrons. The van der Waals surface area contributed by atoms with Crippen molar-refractivity contribution in [3.05, 3.63) is 125 Å². The van der Waals surface area contributed by atoms with Gasteiger partial charge in [0.05, 0.1) is 18.9 Å². The molecule has 0 aliphatic rings. The molecule has 6 heteroatoms. The average Bonchev–Trinajstić information content (AvgIpc) is 3.37. The van der Waals surface area contributed by atoms with Gasteiger partial charge in [0.2, 0.25) is 11.8 Å². The SMILES string of the molecule is CCc1cc(/C=C/c2nc3c(F)cccc3o2)c(OCc2ccccc2)nc1COCc1ccccc1. The summed E-state index contributed by atoms with van der Waals surface area (Å²) in [4.78, 5) is 9.12. The molecule has 186 valence electrons. The Kier molecular flexibility index (Phi) is 7.67. The molecular weight excluding hydrogens is 467 g/mol. The second-order valence-corrected chi connectivity index (χ2v) is 8.57. The predicted octanol–water partition coefficient (Wildman–Crippen LogP) is 7.39. The summed E-state index contributed by atoms with van der Waals surface area (Å²) in [7, 11) is 0. The summed E-state index contributed by atoms with van der Waals surface area (Å²) >= 11 is 0. The van der Waals surface area contributed by atoms with Gasteiger partial charge < -0.3 is 13.9 Å². The number of pyridine rings is 1. The summed E-state index contributed by atoms with van der Waals surface area (Å²) in [6.07, 6.45) is 4.32. The number of hydrogen-bond donors (Lipinski definition) is 0. The van der Waals surface area contributed by atoms with Crippen LogP contribution >= 0.6 is 0 Å². The van der Waals surface area contributed by atoms with E-state index in [0.29, 0.717) is 37.2 Å². The fourth-order valence-corrected chi connectivity index (χ4v) is 3.99. The third-order valence-corrected chi connectivity index (χ3v) is 5.93. The minimum atomic E-state index is -0.414. The van der Waals surface area contributed by atoms with E-state index in [1.165, 1.54) is 6.07 Å². The zero-order chi connectivity index (χ0) is 25.5. The summed E-state index contributed by atoms with van der Waals surface area (Å²) < 4.78 is 31.9. The molecular formula is C31H27FN2O3. The van der Waals surface area contributed by atoms with E-state index in [2.05, 4.69) is 11.9 Å². The third kappa shape index (κ3) is 6.11. The van der Waals surface area contributed by atoms with E-state index in [1.807, 2.05) is 72.8 Å². The van der Waals surface area contributed by atoms with Crippen LogP contribution in [-0.4, -0.2) is 9.97 Å². The Morgan fingerprint density at radius 2 is 1.54 bits per heavy atom. The molecule has 0 spiro atoms. The first kappa shape index (κ1) is 24.4. The van der Waals surface area contributed by atoms with Gasteiger partial charge in [-0.2, -0.15) is 0 Å². The molecule has 2 heterocycles. The fourth-order valence-electron chi connectivity index (χ4n) is 3.99. The normalized spacial score (nSPS) is 11.4. The van der Waals surface area contributed by atoms with Gasteiger partial charge in [-0.15, -0.1) is 0 Å². The van der Waals surface area contributed by atoms with Gasteiger partial charge in [-0.3, -0.25) is 0 Å². The maximum Gasteiger partial charge on any atom is 0.221 e. The van der Waals surface area contributed by atoms with E-state index >= 15 is 0 Å². The summed E-state index contributed by atoms with van der Waals surface area (Å²) in [5, 5.41) is 0. The quantitative estimate of drug-likeness (QED) is 0.203. The molecule has 0 fully saturated rings. The number of oxazole rings is 1. The zero-order valence-corrected chi connectivity index (χ0v) is 20.6. The predicted molar refractivity (Wildman–Crippen MR) is 142 cm³/mol. The van der Waals surface area contributed by atoms with Crippen molar-refractivity contribution in [1.29, 1.82) is 0 Å². The van der Waals surface area contributed by atoms with Crippen molar-refractivity contribution in [2.45, 2.75) is 33.2 Å². The first-order valence-electron chi connectivity index (χ1n) is 12.2. The van der Waals surface area contributed by atoms with E-state index in [0.717, 1.165) is 34.4 Å². The molecule has 5 nitrogen and oxygen atoms in total. The van der Waals surface area contributed by atoms with Gasteiger partial charge in [-0.05, 0) is 47.4 Å². The van der Waals surface area contributed by atoms with Crippen molar-refractivity contribution in [2.24, 2.45) is 0 Å². The molecule has 5 aromatic rings. The van der Waals surface area contributed by atoms with Crippen LogP contribution in [0.2, 0.25) is 0 Å². The highest BCUT2D eigenvalue weighted by molar-refractivity contribution is 5.77.